The van der Waals surface area contributed by atoms with Crippen molar-refractivity contribution < 1.29 is 9.59 Å². The van der Waals surface area contributed by atoms with Gasteiger partial charge in [0.2, 0.25) is 5.91 Å². The molecule has 2 amide bonds. The maximum absolute atomic E-state index is 13.0. The lowest BCUT2D eigenvalue weighted by Crippen LogP contribution is -2.46. The highest BCUT2D eigenvalue weighted by Crippen LogP contribution is 2.41. The molecule has 146 valence electrons. The van der Waals surface area contributed by atoms with Crippen LogP contribution >= 0.6 is 0 Å². The first-order valence-corrected chi connectivity index (χ1v) is 10.3. The summed E-state index contributed by atoms with van der Waals surface area (Å²) in [5, 5.41) is 3.29. The van der Waals surface area contributed by atoms with Gasteiger partial charge in [-0.1, -0.05) is 48.0 Å². The Bertz CT molecular complexity index is 827. The molecule has 1 aliphatic carbocycles. The number of carbonyl (C=O) groups is 2. The molecule has 2 atom stereocenters. The van der Waals surface area contributed by atoms with Crippen LogP contribution in [0.1, 0.15) is 53.2 Å². The highest BCUT2D eigenvalue weighted by Gasteiger charge is 2.36. The largest absolute Gasteiger partial charge is 0.349 e. The van der Waals surface area contributed by atoms with Crippen molar-refractivity contribution in [3.63, 3.8) is 0 Å². The van der Waals surface area contributed by atoms with Crippen LogP contribution in [0, 0.1) is 18.8 Å². The second kappa shape index (κ2) is 8.17. The summed E-state index contributed by atoms with van der Waals surface area (Å²) in [4.78, 5) is 27.7. The molecule has 2 fully saturated rings. The summed E-state index contributed by atoms with van der Waals surface area (Å²) >= 11 is 0. The van der Waals surface area contributed by atoms with E-state index >= 15 is 0 Å². The standard InChI is InChI=1S/C24H28N2O2/c1-17-9-11-20(12-10-17)24(28)26-15-5-8-21(16-26)23(27)25-22(19-13-14-19)18-6-3-2-4-7-18/h2-4,6-7,9-12,19,21-22H,5,8,13-16H2,1H3,(H,25,27). The van der Waals surface area contributed by atoms with E-state index in [9.17, 15) is 9.59 Å². The number of benzene rings is 2. The zero-order valence-corrected chi connectivity index (χ0v) is 16.4. The van der Waals surface area contributed by atoms with Gasteiger partial charge in [0.25, 0.3) is 5.91 Å². The van der Waals surface area contributed by atoms with Gasteiger partial charge in [-0.05, 0) is 56.2 Å². The van der Waals surface area contributed by atoms with Crippen LogP contribution < -0.4 is 5.32 Å². The number of aryl methyl sites for hydroxylation is 1. The number of hydrogen-bond donors (Lipinski definition) is 1. The van der Waals surface area contributed by atoms with Crippen LogP contribution in [-0.4, -0.2) is 29.8 Å². The molecule has 1 saturated heterocycles. The number of piperidine rings is 1. The molecule has 0 bridgehead atoms. The molecule has 0 radical (unpaired) electrons. The van der Waals surface area contributed by atoms with Gasteiger partial charge in [-0.25, -0.2) is 0 Å². The third kappa shape index (κ3) is 4.27. The van der Waals surface area contributed by atoms with Gasteiger partial charge in [0.05, 0.1) is 12.0 Å². The van der Waals surface area contributed by atoms with E-state index in [0.717, 1.165) is 24.9 Å². The number of carbonyl (C=O) groups excluding carboxylic acids is 2. The predicted octanol–water partition coefficient (Wildman–Crippen LogP) is 4.11. The Labute approximate surface area is 166 Å². The van der Waals surface area contributed by atoms with Gasteiger partial charge >= 0.3 is 0 Å². The van der Waals surface area contributed by atoms with Crippen molar-refractivity contribution >= 4 is 11.8 Å². The molecule has 1 N–H and O–H groups in total. The van der Waals surface area contributed by atoms with Gasteiger partial charge in [-0.3, -0.25) is 9.59 Å². The number of rotatable bonds is 5. The van der Waals surface area contributed by atoms with Crippen LogP contribution in [0.2, 0.25) is 0 Å². The molecule has 1 aliphatic heterocycles. The van der Waals surface area contributed by atoms with Crippen molar-refractivity contribution in [3.8, 4) is 0 Å². The summed E-state index contributed by atoms with van der Waals surface area (Å²) in [5.41, 5.74) is 3.02. The highest BCUT2D eigenvalue weighted by atomic mass is 16.2. The Kier molecular flexibility index (Phi) is 5.47. The van der Waals surface area contributed by atoms with Crippen LogP contribution in [0.15, 0.2) is 54.6 Å². The summed E-state index contributed by atoms with van der Waals surface area (Å²) in [6.45, 7) is 3.24. The topological polar surface area (TPSA) is 49.4 Å². The maximum Gasteiger partial charge on any atom is 0.253 e. The average molecular weight is 377 g/mol. The molecule has 0 spiro atoms. The monoisotopic (exact) mass is 376 g/mol. The predicted molar refractivity (Wildman–Crippen MR) is 110 cm³/mol. The van der Waals surface area contributed by atoms with Gasteiger partial charge in [0.15, 0.2) is 0 Å². The molecule has 4 heteroatoms. The van der Waals surface area contributed by atoms with Crippen LogP contribution in [0.25, 0.3) is 0 Å². The first kappa shape index (κ1) is 18.7. The van der Waals surface area contributed by atoms with Crippen LogP contribution in [0.4, 0.5) is 0 Å². The Morgan fingerprint density at radius 3 is 2.39 bits per heavy atom. The minimum atomic E-state index is -0.131. The fraction of sp³-hybridized carbons (Fsp3) is 0.417. The zero-order valence-electron chi connectivity index (χ0n) is 16.4. The quantitative estimate of drug-likeness (QED) is 0.854. The van der Waals surface area contributed by atoms with Gasteiger partial charge < -0.3 is 10.2 Å². The lowest BCUT2D eigenvalue weighted by Gasteiger charge is -2.33. The molecule has 1 saturated carbocycles. The number of nitrogens with one attached hydrogen (secondary N) is 1. The molecule has 2 aliphatic rings. The first-order valence-electron chi connectivity index (χ1n) is 10.3. The van der Waals surface area contributed by atoms with Crippen molar-refractivity contribution in [1.82, 2.24) is 10.2 Å². The van der Waals surface area contributed by atoms with E-state index in [1.54, 1.807) is 0 Å². The minimum Gasteiger partial charge on any atom is -0.349 e. The summed E-state index contributed by atoms with van der Waals surface area (Å²) in [7, 11) is 0. The molecule has 1 heterocycles. The lowest BCUT2D eigenvalue weighted by molar-refractivity contribution is -0.127. The SMILES string of the molecule is Cc1ccc(C(=O)N2CCCC(C(=O)NC(c3ccccc3)C3CC3)C2)cc1. The van der Waals surface area contributed by atoms with Gasteiger partial charge in [0.1, 0.15) is 0 Å². The molecule has 2 unspecified atom stereocenters. The van der Waals surface area contributed by atoms with E-state index in [1.807, 2.05) is 54.3 Å². The lowest BCUT2D eigenvalue weighted by atomic mass is 9.94. The van der Waals surface area contributed by atoms with Crippen molar-refractivity contribution in [3.05, 3.63) is 71.3 Å². The van der Waals surface area contributed by atoms with Gasteiger partial charge in [-0.15, -0.1) is 0 Å². The fourth-order valence-electron chi connectivity index (χ4n) is 4.09. The summed E-state index contributed by atoms with van der Waals surface area (Å²) in [5.74, 6) is 0.523. The average Bonchev–Trinajstić information content (AvgIpc) is 3.58. The smallest absolute Gasteiger partial charge is 0.253 e. The maximum atomic E-state index is 13.0. The van der Waals surface area contributed by atoms with E-state index in [4.69, 9.17) is 0 Å². The molecule has 2 aromatic rings. The number of nitrogens with zero attached hydrogens (tertiary/aromatic N) is 1. The minimum absolute atomic E-state index is 0.0271. The van der Waals surface area contributed by atoms with E-state index in [0.29, 0.717) is 18.0 Å². The Morgan fingerprint density at radius 1 is 1.00 bits per heavy atom. The number of hydrogen-bond acceptors (Lipinski definition) is 2. The van der Waals surface area contributed by atoms with E-state index < -0.39 is 0 Å². The van der Waals surface area contributed by atoms with E-state index in [-0.39, 0.29) is 23.8 Å². The molecule has 4 nitrogen and oxygen atoms in total. The normalized spacial score (nSPS) is 20.5. The third-order valence-electron chi connectivity index (χ3n) is 5.93. The van der Waals surface area contributed by atoms with Crippen LogP contribution in [-0.2, 0) is 4.79 Å². The molecular formula is C24H28N2O2. The third-order valence-corrected chi connectivity index (χ3v) is 5.93. The second-order valence-corrected chi connectivity index (χ2v) is 8.19. The van der Waals surface area contributed by atoms with Crippen molar-refractivity contribution in [2.24, 2.45) is 11.8 Å². The number of amides is 2. The molecular weight excluding hydrogens is 348 g/mol. The molecule has 28 heavy (non-hydrogen) atoms. The first-order chi connectivity index (χ1) is 13.6. The second-order valence-electron chi connectivity index (χ2n) is 8.19. The Balaban J connectivity index is 1.41. The van der Waals surface area contributed by atoms with E-state index in [1.165, 1.54) is 18.4 Å². The van der Waals surface area contributed by atoms with Crippen molar-refractivity contribution in [2.45, 2.75) is 38.6 Å². The molecule has 0 aromatic heterocycles. The van der Waals surface area contributed by atoms with Gasteiger partial charge in [-0.2, -0.15) is 0 Å². The molecule has 4 rings (SSSR count). The summed E-state index contributed by atoms with van der Waals surface area (Å²) in [6.07, 6.45) is 4.05. The van der Waals surface area contributed by atoms with Crippen molar-refractivity contribution in [2.75, 3.05) is 13.1 Å². The van der Waals surface area contributed by atoms with Gasteiger partial charge in [0, 0.05) is 18.7 Å². The number of likely N-dealkylation sites (tertiary alicyclic amines) is 1. The summed E-state index contributed by atoms with van der Waals surface area (Å²) in [6, 6.07) is 18.0. The van der Waals surface area contributed by atoms with Crippen molar-refractivity contribution in [1.29, 1.82) is 0 Å². The van der Waals surface area contributed by atoms with Crippen LogP contribution in [0.3, 0.4) is 0 Å². The Morgan fingerprint density at radius 2 is 1.71 bits per heavy atom. The van der Waals surface area contributed by atoms with Crippen LogP contribution in [0.5, 0.6) is 0 Å². The summed E-state index contributed by atoms with van der Waals surface area (Å²) < 4.78 is 0. The fourth-order valence-corrected chi connectivity index (χ4v) is 4.09. The Hall–Kier alpha value is -2.62. The zero-order chi connectivity index (χ0) is 19.5. The van der Waals surface area contributed by atoms with E-state index in [2.05, 4.69) is 17.4 Å². The molecule has 2 aromatic carbocycles. The highest BCUT2D eigenvalue weighted by molar-refractivity contribution is 5.94.